The maximum Gasteiger partial charge on any atom is 0.330 e. The first-order chi connectivity index (χ1) is 15.8. The second-order valence-corrected chi connectivity index (χ2v) is 7.04. The molecule has 3 rings (SSSR count). The Bertz CT molecular complexity index is 1100. The van der Waals surface area contributed by atoms with Gasteiger partial charge in [-0.1, -0.05) is 6.07 Å². The molecule has 1 heterocycles. The second-order valence-electron chi connectivity index (χ2n) is 7.04. The van der Waals surface area contributed by atoms with Crippen molar-refractivity contribution >= 4 is 24.0 Å². The van der Waals surface area contributed by atoms with Gasteiger partial charge < -0.3 is 28.4 Å². The molecule has 0 fully saturated rings. The van der Waals surface area contributed by atoms with Gasteiger partial charge in [0.1, 0.15) is 12.0 Å². The summed E-state index contributed by atoms with van der Waals surface area (Å²) in [5.41, 5.74) is 1.75. The molecule has 0 radical (unpaired) electrons. The van der Waals surface area contributed by atoms with E-state index in [1.807, 2.05) is 0 Å². The number of methoxy groups -OCH3 is 4. The van der Waals surface area contributed by atoms with Gasteiger partial charge in [-0.2, -0.15) is 0 Å². The maximum absolute atomic E-state index is 12.8. The highest BCUT2D eigenvalue weighted by Crippen LogP contribution is 2.52. The van der Waals surface area contributed by atoms with E-state index in [0.717, 1.165) is 0 Å². The van der Waals surface area contributed by atoms with Crippen LogP contribution in [0.4, 0.5) is 0 Å². The van der Waals surface area contributed by atoms with Crippen molar-refractivity contribution in [2.75, 3.05) is 28.4 Å². The quantitative estimate of drug-likeness (QED) is 0.353. The lowest BCUT2D eigenvalue weighted by molar-refractivity contribution is -0.144. The highest BCUT2D eigenvalue weighted by atomic mass is 16.6. The minimum Gasteiger partial charge on any atom is -0.493 e. The van der Waals surface area contributed by atoms with E-state index in [9.17, 15) is 14.4 Å². The predicted molar refractivity (Wildman–Crippen MR) is 116 cm³/mol. The fraction of sp³-hybridized carbons (Fsp3) is 0.292. The van der Waals surface area contributed by atoms with Crippen molar-refractivity contribution < 1.29 is 42.8 Å². The molecule has 0 saturated heterocycles. The first-order valence-electron chi connectivity index (χ1n) is 9.91. The van der Waals surface area contributed by atoms with Gasteiger partial charge in [0, 0.05) is 18.6 Å². The van der Waals surface area contributed by atoms with Crippen LogP contribution in [0.15, 0.2) is 36.4 Å². The third kappa shape index (κ3) is 4.92. The van der Waals surface area contributed by atoms with Gasteiger partial charge in [-0.15, -0.1) is 0 Å². The summed E-state index contributed by atoms with van der Waals surface area (Å²) in [6, 6.07) is 8.29. The van der Waals surface area contributed by atoms with E-state index in [2.05, 4.69) is 4.74 Å². The number of hydrogen-bond donors (Lipinski definition) is 0. The summed E-state index contributed by atoms with van der Waals surface area (Å²) < 4.78 is 31.8. The normalized spacial score (nSPS) is 16.5. The van der Waals surface area contributed by atoms with Crippen molar-refractivity contribution in [1.29, 1.82) is 0 Å². The van der Waals surface area contributed by atoms with Crippen molar-refractivity contribution in [1.82, 2.24) is 0 Å². The predicted octanol–water partition coefficient (Wildman–Crippen LogP) is 3.21. The second kappa shape index (κ2) is 10.1. The van der Waals surface area contributed by atoms with Crippen molar-refractivity contribution in [3.63, 3.8) is 0 Å². The Labute approximate surface area is 190 Å². The van der Waals surface area contributed by atoms with Crippen LogP contribution in [0.5, 0.6) is 23.0 Å². The molecular weight excluding hydrogens is 432 g/mol. The average molecular weight is 456 g/mol. The van der Waals surface area contributed by atoms with Crippen LogP contribution >= 0.6 is 0 Å². The molecule has 0 saturated carbocycles. The number of carbonyl (C=O) groups excluding carboxylic acids is 3. The van der Waals surface area contributed by atoms with E-state index < -0.39 is 29.9 Å². The number of ether oxygens (including phenoxy) is 6. The Morgan fingerprint density at radius 2 is 1.64 bits per heavy atom. The lowest BCUT2D eigenvalue weighted by Crippen LogP contribution is -2.20. The van der Waals surface area contributed by atoms with Crippen LogP contribution in [0.25, 0.3) is 6.08 Å². The average Bonchev–Trinajstić information content (AvgIpc) is 3.20. The summed E-state index contributed by atoms with van der Waals surface area (Å²) >= 11 is 0. The first-order valence-corrected chi connectivity index (χ1v) is 9.91. The zero-order valence-electron chi connectivity index (χ0n) is 18.9. The molecule has 1 aliphatic heterocycles. The minimum atomic E-state index is -0.824. The van der Waals surface area contributed by atoms with Crippen LogP contribution in [0.2, 0.25) is 0 Å². The van der Waals surface area contributed by atoms with Crippen LogP contribution in [0, 0.1) is 0 Å². The van der Waals surface area contributed by atoms with Gasteiger partial charge in [-0.05, 0) is 41.5 Å². The van der Waals surface area contributed by atoms with E-state index in [1.54, 1.807) is 36.4 Å². The molecule has 2 atom stereocenters. The molecule has 33 heavy (non-hydrogen) atoms. The molecule has 1 aliphatic rings. The van der Waals surface area contributed by atoms with Gasteiger partial charge in [0.05, 0.1) is 28.4 Å². The van der Waals surface area contributed by atoms with E-state index in [0.29, 0.717) is 33.9 Å². The largest absolute Gasteiger partial charge is 0.493 e. The molecule has 0 aromatic heterocycles. The highest BCUT2D eigenvalue weighted by molar-refractivity contribution is 5.88. The van der Waals surface area contributed by atoms with E-state index >= 15 is 0 Å². The van der Waals surface area contributed by atoms with Crippen LogP contribution < -0.4 is 18.9 Å². The molecule has 0 spiro atoms. The SMILES string of the molecule is COC(=O)/C=C/c1cc(OC)c2c(c1)[C@@H](C(=O)OC)[C@H](c1ccc(OC(C)=O)c(OC)c1)O2. The molecule has 0 unspecified atom stereocenters. The van der Waals surface area contributed by atoms with Gasteiger partial charge in [0.25, 0.3) is 0 Å². The zero-order chi connectivity index (χ0) is 24.1. The minimum absolute atomic E-state index is 0.242. The summed E-state index contributed by atoms with van der Waals surface area (Å²) in [5, 5.41) is 0. The van der Waals surface area contributed by atoms with Gasteiger partial charge in [0.2, 0.25) is 0 Å². The molecule has 0 amide bonds. The fourth-order valence-corrected chi connectivity index (χ4v) is 3.58. The van der Waals surface area contributed by atoms with Crippen molar-refractivity contribution in [2.24, 2.45) is 0 Å². The van der Waals surface area contributed by atoms with Crippen LogP contribution in [-0.2, 0) is 23.9 Å². The Balaban J connectivity index is 2.08. The Morgan fingerprint density at radius 1 is 0.909 bits per heavy atom. The van der Waals surface area contributed by atoms with Crippen LogP contribution in [0.3, 0.4) is 0 Å². The molecule has 2 aromatic carbocycles. The number of benzene rings is 2. The van der Waals surface area contributed by atoms with E-state index in [1.165, 1.54) is 41.4 Å². The first kappa shape index (κ1) is 23.6. The Morgan fingerprint density at radius 3 is 2.24 bits per heavy atom. The molecular formula is C24H24O9. The lowest BCUT2D eigenvalue weighted by atomic mass is 9.90. The lowest BCUT2D eigenvalue weighted by Gasteiger charge is -2.19. The number of rotatable bonds is 7. The van der Waals surface area contributed by atoms with Gasteiger partial charge >= 0.3 is 17.9 Å². The van der Waals surface area contributed by atoms with Gasteiger partial charge in [-0.25, -0.2) is 4.79 Å². The van der Waals surface area contributed by atoms with Gasteiger partial charge in [-0.3, -0.25) is 9.59 Å². The highest BCUT2D eigenvalue weighted by Gasteiger charge is 2.43. The molecule has 0 aliphatic carbocycles. The molecule has 174 valence electrons. The van der Waals surface area contributed by atoms with Crippen molar-refractivity contribution in [3.8, 4) is 23.0 Å². The van der Waals surface area contributed by atoms with Crippen molar-refractivity contribution in [3.05, 3.63) is 53.1 Å². The smallest absolute Gasteiger partial charge is 0.330 e. The summed E-state index contributed by atoms with van der Waals surface area (Å²) in [5.74, 6) is -1.03. The van der Waals surface area contributed by atoms with Crippen LogP contribution in [-0.4, -0.2) is 46.3 Å². The summed E-state index contributed by atoms with van der Waals surface area (Å²) in [7, 11) is 5.49. The molecule has 0 N–H and O–H groups in total. The number of hydrogen-bond acceptors (Lipinski definition) is 9. The number of carbonyl (C=O) groups is 3. The number of fused-ring (bicyclic) bond motifs is 1. The third-order valence-corrected chi connectivity index (χ3v) is 5.05. The fourth-order valence-electron chi connectivity index (χ4n) is 3.58. The monoisotopic (exact) mass is 456 g/mol. The van der Waals surface area contributed by atoms with Gasteiger partial charge in [0.15, 0.2) is 23.0 Å². The van der Waals surface area contributed by atoms with Crippen LogP contribution in [0.1, 0.15) is 35.6 Å². The third-order valence-electron chi connectivity index (χ3n) is 5.05. The summed E-state index contributed by atoms with van der Waals surface area (Å²) in [4.78, 5) is 35.7. The molecule has 9 heteroatoms. The summed E-state index contributed by atoms with van der Waals surface area (Å²) in [6.07, 6.45) is 2.05. The standard InChI is InChI=1S/C24H24O9/c1-13(25)32-17-8-7-15(12-18(17)28-2)22-21(24(27)31-5)16-10-14(6-9-20(26)30-4)11-19(29-3)23(16)33-22/h6-12,21-22H,1-5H3/b9-6+/t21-,22+/m1/s1. The van der Waals surface area contributed by atoms with Crippen molar-refractivity contribution in [2.45, 2.75) is 18.9 Å². The molecule has 9 nitrogen and oxygen atoms in total. The topological polar surface area (TPSA) is 107 Å². The van der Waals surface area contributed by atoms with E-state index in [4.69, 9.17) is 23.7 Å². The van der Waals surface area contributed by atoms with E-state index in [-0.39, 0.29) is 5.75 Å². The molecule has 0 bridgehead atoms. The Kier molecular flexibility index (Phi) is 7.22. The maximum atomic E-state index is 12.8. The summed E-state index contributed by atoms with van der Waals surface area (Å²) in [6.45, 7) is 1.29. The Hall–Kier alpha value is -4.01. The zero-order valence-corrected chi connectivity index (χ0v) is 18.9. The molecule has 2 aromatic rings. The number of esters is 3.